The molecular weight excluding hydrogens is 382 g/mol. The summed E-state index contributed by atoms with van der Waals surface area (Å²) in [7, 11) is 1.60. The molecule has 2 N–H and O–H groups in total. The van der Waals surface area contributed by atoms with E-state index in [1.165, 1.54) is 11.2 Å². The highest BCUT2D eigenvalue weighted by Crippen LogP contribution is 2.35. The fourth-order valence-electron chi connectivity index (χ4n) is 2.59. The predicted molar refractivity (Wildman–Crippen MR) is 105 cm³/mol. The van der Waals surface area contributed by atoms with Gasteiger partial charge < -0.3 is 14.8 Å². The van der Waals surface area contributed by atoms with Crippen molar-refractivity contribution in [1.82, 2.24) is 15.0 Å². The third-order valence-corrected chi connectivity index (χ3v) is 4.25. The summed E-state index contributed by atoms with van der Waals surface area (Å²) < 4.78 is 10.7. The summed E-state index contributed by atoms with van der Waals surface area (Å²) in [5.74, 6) is 1.72. The molecule has 0 atom stereocenters. The van der Waals surface area contributed by atoms with Crippen molar-refractivity contribution in [3.05, 3.63) is 65.3 Å². The van der Waals surface area contributed by atoms with Crippen molar-refractivity contribution in [2.45, 2.75) is 0 Å². The third-order valence-electron chi connectivity index (χ3n) is 3.97. The molecule has 0 saturated carbocycles. The number of benzene rings is 2. The number of fused-ring (bicyclic) bond motifs is 1. The lowest BCUT2D eigenvalue weighted by Gasteiger charge is -2.20. The minimum absolute atomic E-state index is 0.200. The van der Waals surface area contributed by atoms with Crippen molar-refractivity contribution in [3.63, 3.8) is 0 Å². The number of nitrogens with one attached hydrogen (secondary N) is 2. The smallest absolute Gasteiger partial charge is 0.271 e. The second-order valence-electron chi connectivity index (χ2n) is 5.93. The van der Waals surface area contributed by atoms with Gasteiger partial charge in [0, 0.05) is 24.4 Å². The molecule has 0 saturated heterocycles. The van der Waals surface area contributed by atoms with Crippen molar-refractivity contribution in [1.29, 1.82) is 0 Å². The molecule has 0 unspecified atom stereocenters. The molecule has 3 aromatic rings. The van der Waals surface area contributed by atoms with Crippen LogP contribution >= 0.6 is 11.6 Å². The fraction of sp³-hybridized carbons (Fsp3) is 0.105. The predicted octanol–water partition coefficient (Wildman–Crippen LogP) is 3.70. The fourth-order valence-corrected chi connectivity index (χ4v) is 2.73. The van der Waals surface area contributed by atoms with E-state index in [1.807, 2.05) is 12.1 Å². The molecule has 9 heteroatoms. The quantitative estimate of drug-likeness (QED) is 0.634. The van der Waals surface area contributed by atoms with Gasteiger partial charge in [-0.05, 0) is 24.3 Å². The Hall–Kier alpha value is -3.52. The first kappa shape index (κ1) is 17.9. The van der Waals surface area contributed by atoms with Gasteiger partial charge in [-0.2, -0.15) is 4.98 Å². The van der Waals surface area contributed by atoms with Crippen LogP contribution in [-0.4, -0.2) is 34.7 Å². The number of carbonyl (C=O) groups excluding carboxylic acids is 1. The van der Waals surface area contributed by atoms with Crippen LogP contribution in [-0.2, 0) is 0 Å². The number of nitrogens with zero attached hydrogens (tertiary/aromatic N) is 3. The van der Waals surface area contributed by atoms with E-state index in [2.05, 4.69) is 20.7 Å². The minimum atomic E-state index is -0.222. The van der Waals surface area contributed by atoms with Crippen LogP contribution in [0.4, 0.5) is 17.5 Å². The normalized spacial score (nSPS) is 11.8. The molecule has 2 aromatic carbocycles. The highest BCUT2D eigenvalue weighted by molar-refractivity contribution is 6.32. The number of ether oxygens (including phenoxy) is 2. The maximum Gasteiger partial charge on any atom is 0.271 e. The molecule has 0 fully saturated rings. The van der Waals surface area contributed by atoms with Crippen LogP contribution in [0.1, 0.15) is 10.4 Å². The summed E-state index contributed by atoms with van der Waals surface area (Å²) in [5, 5.41) is 4.67. The monoisotopic (exact) mass is 397 g/mol. The van der Waals surface area contributed by atoms with E-state index in [0.717, 1.165) is 5.69 Å². The first-order chi connectivity index (χ1) is 13.6. The Morgan fingerprint density at radius 2 is 1.93 bits per heavy atom. The Bertz CT molecular complexity index is 1020. The van der Waals surface area contributed by atoms with Gasteiger partial charge in [0.1, 0.15) is 5.02 Å². The number of anilines is 3. The molecule has 2 heterocycles. The summed E-state index contributed by atoms with van der Waals surface area (Å²) >= 11 is 6.18. The first-order valence-corrected chi connectivity index (χ1v) is 8.77. The Morgan fingerprint density at radius 3 is 2.75 bits per heavy atom. The van der Waals surface area contributed by atoms with Gasteiger partial charge in [-0.25, -0.2) is 4.98 Å². The van der Waals surface area contributed by atoms with Crippen LogP contribution in [0.2, 0.25) is 5.02 Å². The summed E-state index contributed by atoms with van der Waals surface area (Å²) in [6.07, 6.45) is 1.45. The number of amides is 1. The number of hydrogen-bond acceptors (Lipinski definition) is 7. The molecule has 0 radical (unpaired) electrons. The number of halogens is 1. The lowest BCUT2D eigenvalue weighted by atomic mass is 10.2. The Balaban J connectivity index is 1.50. The largest absolute Gasteiger partial charge is 0.454 e. The van der Waals surface area contributed by atoms with Crippen molar-refractivity contribution in [2.75, 3.05) is 24.6 Å². The highest BCUT2D eigenvalue weighted by atomic mass is 35.5. The lowest BCUT2D eigenvalue weighted by Crippen LogP contribution is -2.32. The molecule has 142 valence electrons. The second-order valence-corrected chi connectivity index (χ2v) is 6.33. The zero-order chi connectivity index (χ0) is 19.5. The van der Waals surface area contributed by atoms with Crippen LogP contribution in [0.25, 0.3) is 0 Å². The Morgan fingerprint density at radius 1 is 1.14 bits per heavy atom. The van der Waals surface area contributed by atoms with Crippen LogP contribution < -0.4 is 20.2 Å². The van der Waals surface area contributed by atoms with Crippen LogP contribution in [0, 0.1) is 0 Å². The topological polar surface area (TPSA) is 88.6 Å². The van der Waals surface area contributed by atoms with E-state index >= 15 is 0 Å². The molecule has 8 nitrogen and oxygen atoms in total. The molecule has 4 rings (SSSR count). The van der Waals surface area contributed by atoms with Crippen LogP contribution in [0.3, 0.4) is 0 Å². The molecule has 0 spiro atoms. The molecule has 1 amide bonds. The van der Waals surface area contributed by atoms with Gasteiger partial charge in [-0.1, -0.05) is 29.8 Å². The average Bonchev–Trinajstić information content (AvgIpc) is 3.18. The molecular formula is C19H16ClN5O3. The highest BCUT2D eigenvalue weighted by Gasteiger charge is 2.16. The van der Waals surface area contributed by atoms with E-state index in [-0.39, 0.29) is 17.7 Å². The summed E-state index contributed by atoms with van der Waals surface area (Å²) in [6, 6.07) is 14.3. The zero-order valence-corrected chi connectivity index (χ0v) is 15.6. The third kappa shape index (κ3) is 3.77. The first-order valence-electron chi connectivity index (χ1n) is 8.39. The van der Waals surface area contributed by atoms with Crippen molar-refractivity contribution < 1.29 is 14.3 Å². The number of aromatic nitrogens is 2. The minimum Gasteiger partial charge on any atom is -0.454 e. The zero-order valence-electron chi connectivity index (χ0n) is 14.8. The molecule has 1 aliphatic heterocycles. The standard InChI is InChI=1S/C19H16ClN5O3/c1-25(18(26)12-5-3-2-4-6-12)24-17-14(20)10-21-19(23-17)22-13-7-8-15-16(9-13)28-11-27-15/h2-10H,11H2,1H3,(H2,21,22,23,24). The number of carbonyl (C=O) groups is 1. The second kappa shape index (κ2) is 7.61. The summed E-state index contributed by atoms with van der Waals surface area (Å²) in [5.41, 5.74) is 4.16. The van der Waals surface area contributed by atoms with Crippen molar-refractivity contribution >= 4 is 35.0 Å². The van der Waals surface area contributed by atoms with E-state index < -0.39 is 0 Å². The Kier molecular flexibility index (Phi) is 4.86. The summed E-state index contributed by atoms with van der Waals surface area (Å²) in [6.45, 7) is 0.200. The maximum atomic E-state index is 12.5. The molecule has 1 aromatic heterocycles. The van der Waals surface area contributed by atoms with Crippen LogP contribution in [0.5, 0.6) is 11.5 Å². The molecule has 1 aliphatic rings. The summed E-state index contributed by atoms with van der Waals surface area (Å²) in [4.78, 5) is 21.0. The molecule has 0 bridgehead atoms. The van der Waals surface area contributed by atoms with Crippen molar-refractivity contribution in [2.24, 2.45) is 0 Å². The number of hydrogen-bond donors (Lipinski definition) is 2. The van der Waals surface area contributed by atoms with Gasteiger partial charge in [0.15, 0.2) is 17.3 Å². The number of hydrazine groups is 1. The van der Waals surface area contributed by atoms with E-state index in [9.17, 15) is 4.79 Å². The SMILES string of the molecule is CN(Nc1nc(Nc2ccc3c(c2)OCO3)ncc1Cl)C(=O)c1ccccc1. The van der Waals surface area contributed by atoms with Gasteiger partial charge in [0.2, 0.25) is 12.7 Å². The van der Waals surface area contributed by atoms with Gasteiger partial charge in [0.05, 0.1) is 6.20 Å². The lowest BCUT2D eigenvalue weighted by molar-refractivity contribution is 0.0825. The maximum absolute atomic E-state index is 12.5. The van der Waals surface area contributed by atoms with Crippen molar-refractivity contribution in [3.8, 4) is 11.5 Å². The van der Waals surface area contributed by atoms with E-state index in [0.29, 0.717) is 28.8 Å². The van der Waals surface area contributed by atoms with E-state index in [1.54, 1.807) is 43.4 Å². The van der Waals surface area contributed by atoms with E-state index in [4.69, 9.17) is 21.1 Å². The van der Waals surface area contributed by atoms with Gasteiger partial charge in [-0.15, -0.1) is 0 Å². The number of rotatable bonds is 5. The van der Waals surface area contributed by atoms with Gasteiger partial charge in [0.25, 0.3) is 5.91 Å². The average molecular weight is 398 g/mol. The van der Waals surface area contributed by atoms with Gasteiger partial charge >= 0.3 is 0 Å². The van der Waals surface area contributed by atoms with Crippen LogP contribution in [0.15, 0.2) is 54.7 Å². The van der Waals surface area contributed by atoms with Gasteiger partial charge in [-0.3, -0.25) is 15.2 Å². The molecule has 28 heavy (non-hydrogen) atoms. The Labute approximate surface area is 166 Å². The molecule has 0 aliphatic carbocycles.